The van der Waals surface area contributed by atoms with Gasteiger partial charge in [-0.15, -0.1) is 0 Å². The summed E-state index contributed by atoms with van der Waals surface area (Å²) in [6.45, 7) is 1.15. The van der Waals surface area contributed by atoms with E-state index in [0.717, 1.165) is 18.4 Å². The number of likely N-dealkylation sites (tertiary alicyclic amines) is 1. The van der Waals surface area contributed by atoms with Crippen LogP contribution in [0.3, 0.4) is 0 Å². The largest absolute Gasteiger partial charge is 0.508 e. The number of hydrogen-bond donors (Lipinski definition) is 1. The first kappa shape index (κ1) is 16.2. The summed E-state index contributed by atoms with van der Waals surface area (Å²) in [7, 11) is 0. The van der Waals surface area contributed by atoms with E-state index in [9.17, 15) is 14.7 Å². The van der Waals surface area contributed by atoms with E-state index in [4.69, 9.17) is 0 Å². The van der Waals surface area contributed by atoms with Crippen molar-refractivity contribution in [3.05, 3.63) is 65.7 Å². The second kappa shape index (κ2) is 7.30. The second-order valence-electron chi connectivity index (χ2n) is 6.27. The molecule has 0 saturated carbocycles. The lowest BCUT2D eigenvalue weighted by Gasteiger charge is -2.32. The SMILES string of the molecule is O=C(Cc1ccccc1)[C@@H]1CCCN(C(=O)c2ccc(O)cc2)C1. The van der Waals surface area contributed by atoms with Crippen LogP contribution in [0.25, 0.3) is 0 Å². The number of ketones is 1. The smallest absolute Gasteiger partial charge is 0.253 e. The molecule has 0 aliphatic carbocycles. The number of phenols is 1. The Labute approximate surface area is 141 Å². The van der Waals surface area contributed by atoms with E-state index < -0.39 is 0 Å². The number of carbonyl (C=O) groups excluding carboxylic acids is 2. The molecule has 4 nitrogen and oxygen atoms in total. The monoisotopic (exact) mass is 323 g/mol. The van der Waals surface area contributed by atoms with Crippen LogP contribution in [0.15, 0.2) is 54.6 Å². The molecule has 3 rings (SSSR count). The van der Waals surface area contributed by atoms with E-state index in [1.807, 2.05) is 30.3 Å². The highest BCUT2D eigenvalue weighted by atomic mass is 16.3. The van der Waals surface area contributed by atoms with Gasteiger partial charge in [0.2, 0.25) is 0 Å². The van der Waals surface area contributed by atoms with E-state index in [2.05, 4.69) is 0 Å². The molecule has 0 radical (unpaired) electrons. The van der Waals surface area contributed by atoms with Gasteiger partial charge in [-0.1, -0.05) is 30.3 Å². The number of hydrogen-bond acceptors (Lipinski definition) is 3. The van der Waals surface area contributed by atoms with Gasteiger partial charge in [0.1, 0.15) is 11.5 Å². The Morgan fingerprint density at radius 2 is 1.75 bits per heavy atom. The molecule has 124 valence electrons. The van der Waals surface area contributed by atoms with E-state index in [1.165, 1.54) is 12.1 Å². The van der Waals surface area contributed by atoms with Gasteiger partial charge in [0, 0.05) is 31.0 Å². The summed E-state index contributed by atoms with van der Waals surface area (Å²) < 4.78 is 0. The van der Waals surface area contributed by atoms with Crippen molar-refractivity contribution in [2.24, 2.45) is 5.92 Å². The number of benzene rings is 2. The minimum absolute atomic E-state index is 0.0767. The maximum atomic E-state index is 12.6. The average molecular weight is 323 g/mol. The first-order valence-corrected chi connectivity index (χ1v) is 8.28. The Morgan fingerprint density at radius 1 is 1.04 bits per heavy atom. The van der Waals surface area contributed by atoms with E-state index in [1.54, 1.807) is 17.0 Å². The van der Waals surface area contributed by atoms with Gasteiger partial charge in [-0.2, -0.15) is 0 Å². The fourth-order valence-corrected chi connectivity index (χ4v) is 3.15. The summed E-state index contributed by atoms with van der Waals surface area (Å²) in [6, 6.07) is 16.0. The van der Waals surface area contributed by atoms with Crippen LogP contribution in [0.4, 0.5) is 0 Å². The van der Waals surface area contributed by atoms with Crippen molar-refractivity contribution in [2.45, 2.75) is 19.3 Å². The van der Waals surface area contributed by atoms with E-state index in [-0.39, 0.29) is 23.4 Å². The van der Waals surface area contributed by atoms with Gasteiger partial charge in [-0.05, 0) is 42.7 Å². The molecule has 1 aliphatic rings. The molecule has 0 aromatic heterocycles. The van der Waals surface area contributed by atoms with Crippen molar-refractivity contribution in [3.63, 3.8) is 0 Å². The summed E-state index contributed by atoms with van der Waals surface area (Å²) in [5.41, 5.74) is 1.56. The summed E-state index contributed by atoms with van der Waals surface area (Å²) in [5, 5.41) is 9.33. The number of phenolic OH excluding ortho intramolecular Hbond substituents is 1. The van der Waals surface area contributed by atoms with Crippen LogP contribution in [-0.2, 0) is 11.2 Å². The van der Waals surface area contributed by atoms with Crippen molar-refractivity contribution in [2.75, 3.05) is 13.1 Å². The third-order valence-electron chi connectivity index (χ3n) is 4.50. The van der Waals surface area contributed by atoms with Gasteiger partial charge in [0.05, 0.1) is 0 Å². The maximum Gasteiger partial charge on any atom is 0.253 e. The van der Waals surface area contributed by atoms with Gasteiger partial charge >= 0.3 is 0 Å². The van der Waals surface area contributed by atoms with Crippen LogP contribution in [0.1, 0.15) is 28.8 Å². The molecule has 1 N–H and O–H groups in total. The van der Waals surface area contributed by atoms with Crippen LogP contribution in [0.5, 0.6) is 5.75 Å². The Bertz CT molecular complexity index is 709. The first-order valence-electron chi connectivity index (χ1n) is 8.28. The van der Waals surface area contributed by atoms with Crippen LogP contribution in [-0.4, -0.2) is 34.8 Å². The molecular formula is C20H21NO3. The fraction of sp³-hybridized carbons (Fsp3) is 0.300. The zero-order chi connectivity index (χ0) is 16.9. The molecule has 2 aromatic carbocycles. The van der Waals surface area contributed by atoms with Crippen LogP contribution >= 0.6 is 0 Å². The molecule has 1 saturated heterocycles. The maximum absolute atomic E-state index is 12.6. The molecular weight excluding hydrogens is 302 g/mol. The second-order valence-corrected chi connectivity index (χ2v) is 6.27. The molecule has 0 spiro atoms. The highest BCUT2D eigenvalue weighted by Crippen LogP contribution is 2.21. The number of aromatic hydroxyl groups is 1. The van der Waals surface area contributed by atoms with Crippen molar-refractivity contribution in [1.29, 1.82) is 0 Å². The lowest BCUT2D eigenvalue weighted by Crippen LogP contribution is -2.42. The number of piperidine rings is 1. The highest BCUT2D eigenvalue weighted by Gasteiger charge is 2.28. The minimum Gasteiger partial charge on any atom is -0.508 e. The Hall–Kier alpha value is -2.62. The molecule has 1 atom stereocenters. The molecule has 24 heavy (non-hydrogen) atoms. The summed E-state index contributed by atoms with van der Waals surface area (Å²) in [4.78, 5) is 26.9. The van der Waals surface area contributed by atoms with Crippen LogP contribution < -0.4 is 0 Å². The summed E-state index contributed by atoms with van der Waals surface area (Å²) >= 11 is 0. The predicted octanol–water partition coefficient (Wildman–Crippen LogP) is 3.06. The number of Topliss-reactive ketones (excluding diaryl/α,β-unsaturated/α-hetero) is 1. The lowest BCUT2D eigenvalue weighted by molar-refractivity contribution is -0.123. The average Bonchev–Trinajstić information content (AvgIpc) is 2.63. The van der Waals surface area contributed by atoms with Gasteiger partial charge in [0.25, 0.3) is 5.91 Å². The van der Waals surface area contributed by atoms with Gasteiger partial charge in [0.15, 0.2) is 0 Å². The van der Waals surface area contributed by atoms with Crippen LogP contribution in [0, 0.1) is 5.92 Å². The van der Waals surface area contributed by atoms with E-state index >= 15 is 0 Å². The number of amides is 1. The molecule has 4 heteroatoms. The van der Waals surface area contributed by atoms with Crippen molar-refractivity contribution in [1.82, 2.24) is 4.90 Å². The minimum atomic E-state index is -0.0972. The molecule has 1 heterocycles. The summed E-state index contributed by atoms with van der Waals surface area (Å²) in [6.07, 6.45) is 2.10. The number of carbonyl (C=O) groups is 2. The lowest BCUT2D eigenvalue weighted by atomic mass is 9.90. The molecule has 1 amide bonds. The Balaban J connectivity index is 1.64. The predicted molar refractivity (Wildman–Crippen MR) is 91.9 cm³/mol. The quantitative estimate of drug-likeness (QED) is 0.941. The molecule has 0 unspecified atom stereocenters. The Morgan fingerprint density at radius 3 is 2.46 bits per heavy atom. The van der Waals surface area contributed by atoms with Crippen molar-refractivity contribution in [3.8, 4) is 5.75 Å². The van der Waals surface area contributed by atoms with Crippen molar-refractivity contribution >= 4 is 11.7 Å². The van der Waals surface area contributed by atoms with Crippen LogP contribution in [0.2, 0.25) is 0 Å². The normalized spacial score (nSPS) is 17.5. The first-order chi connectivity index (χ1) is 11.6. The molecule has 1 aliphatic heterocycles. The van der Waals surface area contributed by atoms with Gasteiger partial charge < -0.3 is 10.0 Å². The molecule has 1 fully saturated rings. The number of nitrogens with zero attached hydrogens (tertiary/aromatic N) is 1. The topological polar surface area (TPSA) is 57.6 Å². The van der Waals surface area contributed by atoms with Gasteiger partial charge in [-0.25, -0.2) is 0 Å². The third kappa shape index (κ3) is 3.82. The standard InChI is InChI=1S/C20H21NO3/c22-18-10-8-16(9-11-18)20(24)21-12-4-7-17(14-21)19(23)13-15-5-2-1-3-6-15/h1-3,5-6,8-11,17,22H,4,7,12-14H2/t17-/m1/s1. The molecule has 2 aromatic rings. The van der Waals surface area contributed by atoms with Crippen molar-refractivity contribution < 1.29 is 14.7 Å². The third-order valence-corrected chi connectivity index (χ3v) is 4.50. The zero-order valence-corrected chi connectivity index (χ0v) is 13.5. The summed E-state index contributed by atoms with van der Waals surface area (Å²) in [5.74, 6) is 0.165. The van der Waals surface area contributed by atoms with Gasteiger partial charge in [-0.3, -0.25) is 9.59 Å². The number of rotatable bonds is 4. The zero-order valence-electron chi connectivity index (χ0n) is 13.5. The van der Waals surface area contributed by atoms with E-state index in [0.29, 0.717) is 25.1 Å². The fourth-order valence-electron chi connectivity index (χ4n) is 3.15. The Kier molecular flexibility index (Phi) is 4.94. The highest BCUT2D eigenvalue weighted by molar-refractivity contribution is 5.95. The molecule has 0 bridgehead atoms.